The van der Waals surface area contributed by atoms with Crippen molar-refractivity contribution in [2.45, 2.75) is 38.6 Å². The van der Waals surface area contributed by atoms with E-state index in [0.717, 1.165) is 48.1 Å². The summed E-state index contributed by atoms with van der Waals surface area (Å²) in [5, 5.41) is 21.5. The molecule has 35 heavy (non-hydrogen) atoms. The largest absolute Gasteiger partial charge is 0.377 e. The van der Waals surface area contributed by atoms with Gasteiger partial charge >= 0.3 is 6.03 Å². The number of aromatic nitrogens is 1. The Morgan fingerprint density at radius 1 is 1.11 bits per heavy atom. The second kappa shape index (κ2) is 10.6. The highest BCUT2D eigenvalue weighted by molar-refractivity contribution is 5.93. The van der Waals surface area contributed by atoms with E-state index in [1.165, 1.54) is 6.07 Å². The molecule has 3 aromatic rings. The van der Waals surface area contributed by atoms with Gasteiger partial charge in [-0.05, 0) is 50.2 Å². The molecule has 1 fully saturated rings. The summed E-state index contributed by atoms with van der Waals surface area (Å²) in [6.07, 6.45) is 3.94. The van der Waals surface area contributed by atoms with Crippen LogP contribution in [-0.2, 0) is 0 Å². The molecule has 3 N–H and O–H groups in total. The molecule has 0 spiro atoms. The monoisotopic (exact) mass is 476 g/mol. The van der Waals surface area contributed by atoms with Gasteiger partial charge in [0.25, 0.3) is 5.69 Å². The number of para-hydroxylation sites is 2. The third kappa shape index (κ3) is 5.79. The lowest BCUT2D eigenvalue weighted by Gasteiger charge is -2.30. The first-order valence-electron chi connectivity index (χ1n) is 11.9. The third-order valence-corrected chi connectivity index (χ3v) is 6.61. The first-order chi connectivity index (χ1) is 16.8. The number of carbonyl (C=O) groups excluding carboxylic acids is 1. The van der Waals surface area contributed by atoms with E-state index in [-0.39, 0.29) is 11.4 Å². The van der Waals surface area contributed by atoms with E-state index in [4.69, 9.17) is 4.98 Å². The Kier molecular flexibility index (Phi) is 7.33. The maximum atomic E-state index is 12.4. The van der Waals surface area contributed by atoms with Gasteiger partial charge in [-0.3, -0.25) is 10.1 Å². The second-order valence-corrected chi connectivity index (χ2v) is 9.36. The zero-order chi connectivity index (χ0) is 24.9. The highest BCUT2D eigenvalue weighted by Gasteiger charge is 2.23. The molecule has 1 aliphatic rings. The molecule has 0 saturated heterocycles. The molecule has 2 amide bonds. The molecule has 2 aromatic carbocycles. The van der Waals surface area contributed by atoms with Crippen LogP contribution in [0.15, 0.2) is 48.5 Å². The van der Waals surface area contributed by atoms with Crippen molar-refractivity contribution in [3.05, 3.63) is 64.2 Å². The number of hydrogen-bond donors (Lipinski definition) is 3. The van der Waals surface area contributed by atoms with E-state index < -0.39 is 11.0 Å². The number of carbonyl (C=O) groups is 1. The van der Waals surface area contributed by atoms with E-state index in [0.29, 0.717) is 24.1 Å². The molecule has 4 rings (SSSR count). The molecule has 0 aliphatic heterocycles. The SMILES string of the molecule is Cc1cccc([N+](=O)[O-])c1NC(=O)NC[C@H]1CC[C@@H](Nc2cc(N(C)C)c3ccccc3n2)CC1. The number of nitro groups is 1. The molecular formula is C26H32N6O3. The highest BCUT2D eigenvalue weighted by atomic mass is 16.6. The fourth-order valence-corrected chi connectivity index (χ4v) is 4.68. The number of aryl methyl sites for hydroxylation is 1. The Bertz CT molecular complexity index is 1220. The smallest absolute Gasteiger partial charge is 0.319 e. The minimum absolute atomic E-state index is 0.105. The lowest BCUT2D eigenvalue weighted by molar-refractivity contribution is -0.383. The maximum absolute atomic E-state index is 12.4. The van der Waals surface area contributed by atoms with E-state index in [1.54, 1.807) is 19.1 Å². The average Bonchev–Trinajstić information content (AvgIpc) is 2.84. The van der Waals surface area contributed by atoms with Crippen LogP contribution in [-0.4, -0.2) is 42.6 Å². The minimum atomic E-state index is -0.483. The zero-order valence-electron chi connectivity index (χ0n) is 20.4. The van der Waals surface area contributed by atoms with Crippen LogP contribution in [0.5, 0.6) is 0 Å². The molecule has 0 unspecified atom stereocenters. The summed E-state index contributed by atoms with van der Waals surface area (Å²) in [5.74, 6) is 1.25. The molecular weight excluding hydrogens is 444 g/mol. The number of amides is 2. The average molecular weight is 477 g/mol. The third-order valence-electron chi connectivity index (χ3n) is 6.61. The van der Waals surface area contributed by atoms with Gasteiger partial charge in [0.05, 0.1) is 10.4 Å². The van der Waals surface area contributed by atoms with Gasteiger partial charge in [-0.15, -0.1) is 0 Å². The number of rotatable bonds is 7. The van der Waals surface area contributed by atoms with Crippen LogP contribution in [0, 0.1) is 23.0 Å². The molecule has 9 heteroatoms. The first-order valence-corrected chi connectivity index (χ1v) is 11.9. The number of nitrogens with one attached hydrogen (secondary N) is 3. The van der Waals surface area contributed by atoms with Crippen molar-refractivity contribution in [1.29, 1.82) is 0 Å². The summed E-state index contributed by atoms with van der Waals surface area (Å²) < 4.78 is 0. The van der Waals surface area contributed by atoms with Gasteiger partial charge in [-0.2, -0.15) is 0 Å². The van der Waals surface area contributed by atoms with E-state index in [1.807, 2.05) is 32.3 Å². The number of anilines is 3. The van der Waals surface area contributed by atoms with Gasteiger partial charge in [-0.25, -0.2) is 9.78 Å². The quantitative estimate of drug-likeness (QED) is 0.315. The molecule has 9 nitrogen and oxygen atoms in total. The maximum Gasteiger partial charge on any atom is 0.319 e. The number of benzene rings is 2. The Hall–Kier alpha value is -3.88. The van der Waals surface area contributed by atoms with E-state index >= 15 is 0 Å². The predicted molar refractivity (Wildman–Crippen MR) is 140 cm³/mol. The fraction of sp³-hybridized carbons (Fsp3) is 0.385. The fourth-order valence-electron chi connectivity index (χ4n) is 4.68. The van der Waals surface area contributed by atoms with Gasteiger partial charge in [0.1, 0.15) is 11.5 Å². The van der Waals surface area contributed by atoms with Crippen molar-refractivity contribution in [3.63, 3.8) is 0 Å². The van der Waals surface area contributed by atoms with Crippen LogP contribution < -0.4 is 20.9 Å². The summed E-state index contributed by atoms with van der Waals surface area (Å²) >= 11 is 0. The lowest BCUT2D eigenvalue weighted by atomic mass is 9.86. The van der Waals surface area contributed by atoms with E-state index in [2.05, 4.69) is 33.0 Å². The van der Waals surface area contributed by atoms with Gasteiger partial charge in [0.2, 0.25) is 0 Å². The summed E-state index contributed by atoms with van der Waals surface area (Å²) in [6.45, 7) is 2.28. The number of hydrogen-bond acceptors (Lipinski definition) is 6. The number of urea groups is 1. The van der Waals surface area contributed by atoms with Gasteiger partial charge in [0.15, 0.2) is 0 Å². The van der Waals surface area contributed by atoms with Crippen molar-refractivity contribution < 1.29 is 9.72 Å². The van der Waals surface area contributed by atoms with E-state index in [9.17, 15) is 14.9 Å². The number of nitrogens with zero attached hydrogens (tertiary/aromatic N) is 3. The predicted octanol–water partition coefficient (Wildman–Crippen LogP) is 5.31. The molecule has 0 radical (unpaired) electrons. The Balaban J connectivity index is 1.29. The molecule has 0 atom stereocenters. The zero-order valence-corrected chi connectivity index (χ0v) is 20.4. The number of pyridine rings is 1. The normalized spacial score (nSPS) is 17.6. The molecule has 0 bridgehead atoms. The number of fused-ring (bicyclic) bond motifs is 1. The van der Waals surface area contributed by atoms with Crippen molar-refractivity contribution in [3.8, 4) is 0 Å². The van der Waals surface area contributed by atoms with Crippen LogP contribution >= 0.6 is 0 Å². The van der Waals surface area contributed by atoms with Crippen molar-refractivity contribution in [2.75, 3.05) is 36.2 Å². The summed E-state index contributed by atoms with van der Waals surface area (Å²) in [5.41, 5.74) is 2.89. The molecule has 1 aromatic heterocycles. The van der Waals surface area contributed by atoms with Crippen molar-refractivity contribution >= 4 is 39.8 Å². The lowest BCUT2D eigenvalue weighted by Crippen LogP contribution is -2.36. The Morgan fingerprint density at radius 3 is 2.57 bits per heavy atom. The van der Waals surface area contributed by atoms with Crippen LogP contribution in [0.2, 0.25) is 0 Å². The Labute approximate surface area is 205 Å². The molecule has 1 aliphatic carbocycles. The van der Waals surface area contributed by atoms with Crippen molar-refractivity contribution in [2.24, 2.45) is 5.92 Å². The first kappa shape index (κ1) is 24.3. The summed E-state index contributed by atoms with van der Waals surface area (Å²) in [7, 11) is 4.08. The van der Waals surface area contributed by atoms with Gasteiger partial charge in [0, 0.05) is 49.9 Å². The Morgan fingerprint density at radius 2 is 1.86 bits per heavy atom. The molecule has 184 valence electrons. The summed E-state index contributed by atoms with van der Waals surface area (Å²) in [6, 6.07) is 14.9. The summed E-state index contributed by atoms with van der Waals surface area (Å²) in [4.78, 5) is 30.1. The molecule has 1 saturated carbocycles. The number of nitro benzene ring substituents is 1. The standard InChI is InChI=1S/C26H32N6O3/c1-17-7-6-10-22(32(34)35)25(17)30-26(33)27-16-18-11-13-19(14-12-18)28-24-15-23(31(2)3)20-8-4-5-9-21(20)29-24/h4-10,15,18-19H,11-14,16H2,1-3H3,(H,28,29)(H2,27,30,33)/t18-,19+. The topological polar surface area (TPSA) is 112 Å². The highest BCUT2D eigenvalue weighted by Crippen LogP contribution is 2.31. The van der Waals surface area contributed by atoms with Crippen molar-refractivity contribution in [1.82, 2.24) is 10.3 Å². The minimum Gasteiger partial charge on any atom is -0.377 e. The van der Waals surface area contributed by atoms with Gasteiger partial charge < -0.3 is 20.9 Å². The van der Waals surface area contributed by atoms with Crippen LogP contribution in [0.3, 0.4) is 0 Å². The van der Waals surface area contributed by atoms with Gasteiger partial charge in [-0.1, -0.05) is 30.3 Å². The van der Waals surface area contributed by atoms with Crippen LogP contribution in [0.1, 0.15) is 31.2 Å². The van der Waals surface area contributed by atoms with Crippen LogP contribution in [0.25, 0.3) is 10.9 Å². The second-order valence-electron chi connectivity index (χ2n) is 9.36. The van der Waals surface area contributed by atoms with Crippen LogP contribution in [0.4, 0.5) is 27.7 Å². The molecule has 1 heterocycles.